The summed E-state index contributed by atoms with van der Waals surface area (Å²) in [5.74, 6) is 0.739. The van der Waals surface area contributed by atoms with Crippen LogP contribution in [-0.2, 0) is 0 Å². The molecule has 0 spiro atoms. The highest BCUT2D eigenvalue weighted by Gasteiger charge is 2.17. The Balaban J connectivity index is 1.93. The maximum atomic E-state index is 10.9. The summed E-state index contributed by atoms with van der Waals surface area (Å²) in [6, 6.07) is 11.7. The molecule has 0 saturated carbocycles. The second kappa shape index (κ2) is 7.28. The summed E-state index contributed by atoms with van der Waals surface area (Å²) in [6.45, 7) is 0.399. The van der Waals surface area contributed by atoms with Gasteiger partial charge in [0.15, 0.2) is 0 Å². The zero-order valence-corrected chi connectivity index (χ0v) is 13.1. The molecule has 0 radical (unpaired) electrons. The van der Waals surface area contributed by atoms with Gasteiger partial charge in [0.1, 0.15) is 19.0 Å². The van der Waals surface area contributed by atoms with Gasteiger partial charge in [-0.3, -0.25) is 10.1 Å². The molecule has 0 heterocycles. The molecule has 110 valence electrons. The fourth-order valence-electron chi connectivity index (χ4n) is 1.64. The third-order valence-electron chi connectivity index (χ3n) is 2.54. The van der Waals surface area contributed by atoms with Crippen LogP contribution in [0.1, 0.15) is 0 Å². The van der Waals surface area contributed by atoms with Crippen LogP contribution in [0.3, 0.4) is 0 Å². The predicted molar refractivity (Wildman–Crippen MR) is 83.2 cm³/mol. The molecule has 0 amide bonds. The molecule has 0 aliphatic rings. The molecule has 2 rings (SSSR count). The lowest BCUT2D eigenvalue weighted by atomic mass is 10.3. The number of benzene rings is 2. The molecule has 7 heteroatoms. The van der Waals surface area contributed by atoms with Crippen molar-refractivity contribution < 1.29 is 14.4 Å². The van der Waals surface area contributed by atoms with E-state index in [9.17, 15) is 10.1 Å². The SMILES string of the molecule is O=[N+]([O-])c1cccc(Cl)c1OCCOc1cccc(Br)c1. The van der Waals surface area contributed by atoms with E-state index in [2.05, 4.69) is 15.9 Å². The van der Waals surface area contributed by atoms with E-state index in [1.54, 1.807) is 6.07 Å². The first-order chi connectivity index (χ1) is 10.1. The average molecular weight is 373 g/mol. The third-order valence-corrected chi connectivity index (χ3v) is 3.33. The van der Waals surface area contributed by atoms with Gasteiger partial charge in [0.05, 0.1) is 9.95 Å². The first-order valence-corrected chi connectivity index (χ1v) is 7.19. The Hall–Kier alpha value is -1.79. The molecule has 0 unspecified atom stereocenters. The molecule has 5 nitrogen and oxygen atoms in total. The monoisotopic (exact) mass is 371 g/mol. The summed E-state index contributed by atoms with van der Waals surface area (Å²) >= 11 is 9.25. The van der Waals surface area contributed by atoms with Crippen molar-refractivity contribution in [2.24, 2.45) is 0 Å². The lowest BCUT2D eigenvalue weighted by molar-refractivity contribution is -0.385. The standard InChI is InChI=1S/C14H11BrClNO4/c15-10-3-1-4-11(9-10)20-7-8-21-14-12(16)5-2-6-13(14)17(18)19/h1-6,9H,7-8H2. The number of nitro groups is 1. The molecular formula is C14H11BrClNO4. The van der Waals surface area contributed by atoms with Crippen LogP contribution in [0.15, 0.2) is 46.9 Å². The van der Waals surface area contributed by atoms with E-state index in [1.165, 1.54) is 12.1 Å². The third kappa shape index (κ3) is 4.34. The summed E-state index contributed by atoms with van der Waals surface area (Å²) in [5.41, 5.74) is -0.162. The molecule has 2 aromatic rings. The summed E-state index contributed by atoms with van der Waals surface area (Å²) < 4.78 is 11.8. The molecule has 0 N–H and O–H groups in total. The molecule has 0 fully saturated rings. The summed E-state index contributed by atoms with van der Waals surface area (Å²) in [7, 11) is 0. The lowest BCUT2D eigenvalue weighted by Crippen LogP contribution is -2.10. The molecule has 0 bridgehead atoms. The van der Waals surface area contributed by atoms with E-state index in [1.807, 2.05) is 24.3 Å². The van der Waals surface area contributed by atoms with Crippen molar-refractivity contribution in [2.75, 3.05) is 13.2 Å². The number of para-hydroxylation sites is 1. The fourth-order valence-corrected chi connectivity index (χ4v) is 2.25. The number of rotatable bonds is 6. The normalized spacial score (nSPS) is 10.2. The van der Waals surface area contributed by atoms with E-state index in [-0.39, 0.29) is 29.7 Å². The highest BCUT2D eigenvalue weighted by molar-refractivity contribution is 9.10. The molecule has 21 heavy (non-hydrogen) atoms. The minimum Gasteiger partial charge on any atom is -0.490 e. The van der Waals surface area contributed by atoms with Gasteiger partial charge in [-0.25, -0.2) is 0 Å². The van der Waals surface area contributed by atoms with Crippen molar-refractivity contribution in [2.45, 2.75) is 0 Å². The van der Waals surface area contributed by atoms with E-state index in [0.29, 0.717) is 5.75 Å². The smallest absolute Gasteiger partial charge is 0.312 e. The van der Waals surface area contributed by atoms with Gasteiger partial charge in [0, 0.05) is 10.5 Å². The van der Waals surface area contributed by atoms with E-state index < -0.39 is 4.92 Å². The first kappa shape index (κ1) is 15.6. The van der Waals surface area contributed by atoms with Crippen LogP contribution in [0.5, 0.6) is 11.5 Å². The topological polar surface area (TPSA) is 61.6 Å². The molecule has 0 aliphatic heterocycles. The van der Waals surface area contributed by atoms with Crippen molar-refractivity contribution in [1.29, 1.82) is 0 Å². The van der Waals surface area contributed by atoms with Crippen molar-refractivity contribution in [3.8, 4) is 11.5 Å². The average Bonchev–Trinajstić information content (AvgIpc) is 2.44. The van der Waals surface area contributed by atoms with Gasteiger partial charge in [-0.15, -0.1) is 0 Å². The van der Waals surface area contributed by atoms with Gasteiger partial charge in [-0.2, -0.15) is 0 Å². The Bertz CT molecular complexity index is 651. The molecular weight excluding hydrogens is 362 g/mol. The second-order valence-corrected chi connectivity index (χ2v) is 5.32. The lowest BCUT2D eigenvalue weighted by Gasteiger charge is -2.10. The van der Waals surface area contributed by atoms with Crippen LogP contribution in [-0.4, -0.2) is 18.1 Å². The van der Waals surface area contributed by atoms with Gasteiger partial charge in [0.2, 0.25) is 5.75 Å². The van der Waals surface area contributed by atoms with Crippen molar-refractivity contribution >= 4 is 33.2 Å². The number of nitrogens with zero attached hydrogens (tertiary/aromatic N) is 1. The highest BCUT2D eigenvalue weighted by Crippen LogP contribution is 2.34. The maximum absolute atomic E-state index is 10.9. The molecule has 0 aliphatic carbocycles. The molecule has 0 atom stereocenters. The zero-order chi connectivity index (χ0) is 15.2. The minimum atomic E-state index is -0.531. The summed E-state index contributed by atoms with van der Waals surface area (Å²) in [5, 5.41) is 11.1. The Kier molecular flexibility index (Phi) is 5.41. The number of nitro benzene ring substituents is 1. The molecule has 0 saturated heterocycles. The summed E-state index contributed by atoms with van der Waals surface area (Å²) in [4.78, 5) is 10.4. The summed E-state index contributed by atoms with van der Waals surface area (Å²) in [6.07, 6.45) is 0. The Morgan fingerprint density at radius 2 is 1.86 bits per heavy atom. The predicted octanol–water partition coefficient (Wildman–Crippen LogP) is 4.47. The quantitative estimate of drug-likeness (QED) is 0.426. The van der Waals surface area contributed by atoms with E-state index in [4.69, 9.17) is 21.1 Å². The van der Waals surface area contributed by atoms with Crippen LogP contribution >= 0.6 is 27.5 Å². The van der Waals surface area contributed by atoms with Crippen LogP contribution in [0.2, 0.25) is 5.02 Å². The number of hydrogen-bond acceptors (Lipinski definition) is 4. The highest BCUT2D eigenvalue weighted by atomic mass is 79.9. The van der Waals surface area contributed by atoms with E-state index >= 15 is 0 Å². The maximum Gasteiger partial charge on any atom is 0.312 e. The number of halogens is 2. The Labute approximate surface area is 134 Å². The van der Waals surface area contributed by atoms with Crippen molar-refractivity contribution in [3.63, 3.8) is 0 Å². The van der Waals surface area contributed by atoms with Gasteiger partial charge < -0.3 is 9.47 Å². The second-order valence-electron chi connectivity index (χ2n) is 4.00. The van der Waals surface area contributed by atoms with Gasteiger partial charge in [0.25, 0.3) is 0 Å². The van der Waals surface area contributed by atoms with Crippen molar-refractivity contribution in [3.05, 3.63) is 62.1 Å². The Morgan fingerprint density at radius 1 is 1.14 bits per heavy atom. The number of ether oxygens (including phenoxy) is 2. The fraction of sp³-hybridized carbons (Fsp3) is 0.143. The van der Waals surface area contributed by atoms with Crippen LogP contribution < -0.4 is 9.47 Å². The van der Waals surface area contributed by atoms with Gasteiger partial charge >= 0.3 is 5.69 Å². The van der Waals surface area contributed by atoms with Crippen LogP contribution in [0.25, 0.3) is 0 Å². The Morgan fingerprint density at radius 3 is 2.57 bits per heavy atom. The van der Waals surface area contributed by atoms with Gasteiger partial charge in [-0.1, -0.05) is 39.7 Å². The molecule has 0 aromatic heterocycles. The zero-order valence-electron chi connectivity index (χ0n) is 10.8. The number of hydrogen-bond donors (Lipinski definition) is 0. The minimum absolute atomic E-state index is 0.0574. The van der Waals surface area contributed by atoms with Gasteiger partial charge in [-0.05, 0) is 24.3 Å². The van der Waals surface area contributed by atoms with E-state index in [0.717, 1.165) is 4.47 Å². The molecule has 2 aromatic carbocycles. The van der Waals surface area contributed by atoms with Crippen LogP contribution in [0.4, 0.5) is 5.69 Å². The van der Waals surface area contributed by atoms with Crippen molar-refractivity contribution in [1.82, 2.24) is 0 Å². The first-order valence-electron chi connectivity index (χ1n) is 6.02. The van der Waals surface area contributed by atoms with Crippen LogP contribution in [0, 0.1) is 10.1 Å². The largest absolute Gasteiger partial charge is 0.490 e.